The molecule has 2 amide bonds. The molecule has 1 aliphatic rings. The molecule has 0 aliphatic carbocycles. The van der Waals surface area contributed by atoms with Gasteiger partial charge >= 0.3 is 0 Å². The molecule has 1 aliphatic heterocycles. The van der Waals surface area contributed by atoms with Crippen LogP contribution in [0.2, 0.25) is 0 Å². The molecule has 130 valence electrons. The van der Waals surface area contributed by atoms with E-state index in [-0.39, 0.29) is 11.5 Å². The molecule has 1 saturated heterocycles. The molecule has 2 aromatic rings. The van der Waals surface area contributed by atoms with Crippen LogP contribution >= 0.6 is 0 Å². The number of carbonyl (C=O) groups is 2. The number of rotatable bonds is 3. The lowest BCUT2D eigenvalue weighted by Crippen LogP contribution is -2.57. The van der Waals surface area contributed by atoms with E-state index in [0.717, 1.165) is 5.69 Å². The Morgan fingerprint density at radius 2 is 1.80 bits per heavy atom. The van der Waals surface area contributed by atoms with Crippen LogP contribution in [0, 0.1) is 5.82 Å². The van der Waals surface area contributed by atoms with Gasteiger partial charge in [0.15, 0.2) is 0 Å². The number of methoxy groups -OCH3 is 1. The van der Waals surface area contributed by atoms with E-state index in [1.165, 1.54) is 23.1 Å². The van der Waals surface area contributed by atoms with Crippen molar-refractivity contribution < 1.29 is 18.7 Å². The van der Waals surface area contributed by atoms with Gasteiger partial charge in [-0.2, -0.15) is 0 Å². The highest BCUT2D eigenvalue weighted by Crippen LogP contribution is 2.24. The third-order valence-electron chi connectivity index (χ3n) is 4.40. The van der Waals surface area contributed by atoms with Gasteiger partial charge in [-0.25, -0.2) is 4.39 Å². The van der Waals surface area contributed by atoms with Gasteiger partial charge in [0.05, 0.1) is 12.7 Å². The van der Waals surface area contributed by atoms with Crippen LogP contribution in [-0.2, 0) is 4.79 Å². The summed E-state index contributed by atoms with van der Waals surface area (Å²) in [6.07, 6.45) is 0. The Morgan fingerprint density at radius 1 is 1.12 bits per heavy atom. The Bertz CT molecular complexity index is 792. The van der Waals surface area contributed by atoms with E-state index in [2.05, 4.69) is 0 Å². The quantitative estimate of drug-likeness (QED) is 0.862. The Labute approximate surface area is 145 Å². The van der Waals surface area contributed by atoms with Crippen LogP contribution in [-0.4, -0.2) is 43.0 Å². The predicted octanol–water partition coefficient (Wildman–Crippen LogP) is 2.71. The first-order valence-electron chi connectivity index (χ1n) is 8.04. The molecule has 1 fully saturated rings. The van der Waals surface area contributed by atoms with Gasteiger partial charge in [0.2, 0.25) is 5.91 Å². The molecule has 2 aromatic carbocycles. The van der Waals surface area contributed by atoms with Crippen LogP contribution in [0.1, 0.15) is 17.3 Å². The number of piperazine rings is 1. The Hall–Kier alpha value is -2.89. The Balaban J connectivity index is 1.79. The van der Waals surface area contributed by atoms with Crippen molar-refractivity contribution >= 4 is 17.5 Å². The van der Waals surface area contributed by atoms with Crippen molar-refractivity contribution in [1.82, 2.24) is 4.90 Å². The maximum atomic E-state index is 13.9. The maximum Gasteiger partial charge on any atom is 0.257 e. The van der Waals surface area contributed by atoms with Crippen molar-refractivity contribution in [1.29, 1.82) is 0 Å². The minimum absolute atomic E-state index is 0.0138. The number of carbonyl (C=O) groups excluding carboxylic acids is 2. The molecule has 0 saturated carbocycles. The van der Waals surface area contributed by atoms with Crippen molar-refractivity contribution in [3.63, 3.8) is 0 Å². The van der Waals surface area contributed by atoms with Crippen LogP contribution in [0.15, 0.2) is 48.5 Å². The number of nitrogens with zero attached hydrogens (tertiary/aromatic N) is 2. The number of ether oxygens (including phenoxy) is 1. The first-order valence-corrected chi connectivity index (χ1v) is 8.04. The molecule has 0 unspecified atom stereocenters. The zero-order chi connectivity index (χ0) is 18.0. The average molecular weight is 342 g/mol. The lowest BCUT2D eigenvalue weighted by molar-refractivity contribution is -0.124. The Morgan fingerprint density at radius 3 is 2.44 bits per heavy atom. The second-order valence-electron chi connectivity index (χ2n) is 5.84. The number of hydrogen-bond donors (Lipinski definition) is 0. The minimum Gasteiger partial charge on any atom is -0.497 e. The van der Waals surface area contributed by atoms with E-state index in [1.54, 1.807) is 49.3 Å². The lowest BCUT2D eigenvalue weighted by Gasteiger charge is -2.39. The molecule has 5 nitrogen and oxygen atoms in total. The third-order valence-corrected chi connectivity index (χ3v) is 4.40. The molecule has 1 atom stereocenters. The van der Waals surface area contributed by atoms with Crippen LogP contribution in [0.4, 0.5) is 10.1 Å². The van der Waals surface area contributed by atoms with Gasteiger partial charge < -0.3 is 14.5 Å². The number of halogens is 1. The second-order valence-corrected chi connectivity index (χ2v) is 5.84. The average Bonchev–Trinajstić information content (AvgIpc) is 2.64. The molecule has 0 aromatic heterocycles. The Kier molecular flexibility index (Phi) is 4.70. The van der Waals surface area contributed by atoms with Gasteiger partial charge in [0.1, 0.15) is 17.6 Å². The molecule has 6 heteroatoms. The fourth-order valence-corrected chi connectivity index (χ4v) is 2.96. The van der Waals surface area contributed by atoms with Gasteiger partial charge in [0.25, 0.3) is 5.91 Å². The summed E-state index contributed by atoms with van der Waals surface area (Å²) in [6.45, 7) is 2.36. The van der Waals surface area contributed by atoms with E-state index >= 15 is 0 Å². The molecular weight excluding hydrogens is 323 g/mol. The zero-order valence-electron chi connectivity index (χ0n) is 14.1. The van der Waals surface area contributed by atoms with E-state index in [4.69, 9.17) is 4.74 Å². The molecule has 0 bridgehead atoms. The SMILES string of the molecule is COc1ccc(N2CCN(C(=O)c3ccccc3F)[C@@H](C)C2=O)cc1. The van der Waals surface area contributed by atoms with E-state index in [1.807, 2.05) is 0 Å². The summed E-state index contributed by atoms with van der Waals surface area (Å²) in [5, 5.41) is 0. The van der Waals surface area contributed by atoms with Crippen LogP contribution < -0.4 is 9.64 Å². The van der Waals surface area contributed by atoms with Gasteiger partial charge in [0, 0.05) is 18.8 Å². The number of anilines is 1. The van der Waals surface area contributed by atoms with Crippen molar-refractivity contribution in [3.8, 4) is 5.75 Å². The summed E-state index contributed by atoms with van der Waals surface area (Å²) in [7, 11) is 1.58. The lowest BCUT2D eigenvalue weighted by atomic mass is 10.1. The predicted molar refractivity (Wildman–Crippen MR) is 92.2 cm³/mol. The molecule has 0 N–H and O–H groups in total. The van der Waals surface area contributed by atoms with Crippen molar-refractivity contribution in [2.45, 2.75) is 13.0 Å². The highest BCUT2D eigenvalue weighted by molar-refractivity contribution is 6.03. The van der Waals surface area contributed by atoms with Crippen LogP contribution in [0.5, 0.6) is 5.75 Å². The summed E-state index contributed by atoms with van der Waals surface area (Å²) in [5.74, 6) is -0.531. The van der Waals surface area contributed by atoms with E-state index < -0.39 is 17.8 Å². The summed E-state index contributed by atoms with van der Waals surface area (Å²) in [5.41, 5.74) is 0.732. The van der Waals surface area contributed by atoms with Gasteiger partial charge in [-0.05, 0) is 43.3 Å². The monoisotopic (exact) mass is 342 g/mol. The second kappa shape index (κ2) is 6.93. The molecule has 0 radical (unpaired) electrons. The van der Waals surface area contributed by atoms with Gasteiger partial charge in [-0.15, -0.1) is 0 Å². The number of amides is 2. The summed E-state index contributed by atoms with van der Waals surface area (Å²) >= 11 is 0. The minimum atomic E-state index is -0.664. The number of benzene rings is 2. The summed E-state index contributed by atoms with van der Waals surface area (Å²) < 4.78 is 19.0. The molecule has 1 heterocycles. The fourth-order valence-electron chi connectivity index (χ4n) is 2.96. The molecule has 3 rings (SSSR count). The van der Waals surface area contributed by atoms with Crippen molar-refractivity contribution in [2.75, 3.05) is 25.1 Å². The van der Waals surface area contributed by atoms with Gasteiger partial charge in [-0.1, -0.05) is 12.1 Å². The first kappa shape index (κ1) is 17.0. The number of hydrogen-bond acceptors (Lipinski definition) is 3. The van der Waals surface area contributed by atoms with Crippen molar-refractivity contribution in [2.24, 2.45) is 0 Å². The van der Waals surface area contributed by atoms with E-state index in [9.17, 15) is 14.0 Å². The summed E-state index contributed by atoms with van der Waals surface area (Å²) in [6, 6.07) is 12.3. The van der Waals surface area contributed by atoms with E-state index in [0.29, 0.717) is 18.8 Å². The maximum absolute atomic E-state index is 13.9. The van der Waals surface area contributed by atoms with Crippen molar-refractivity contribution in [3.05, 3.63) is 59.9 Å². The standard InChI is InChI=1S/C19H19FN2O3/c1-13-18(23)22(14-7-9-15(25-2)10-8-14)12-11-21(13)19(24)16-5-3-4-6-17(16)20/h3-10,13H,11-12H2,1-2H3/t13-/m0/s1. The smallest absolute Gasteiger partial charge is 0.257 e. The topological polar surface area (TPSA) is 49.9 Å². The van der Waals surface area contributed by atoms with Gasteiger partial charge in [-0.3, -0.25) is 9.59 Å². The molecule has 0 spiro atoms. The zero-order valence-corrected chi connectivity index (χ0v) is 14.1. The first-order chi connectivity index (χ1) is 12.0. The summed E-state index contributed by atoms with van der Waals surface area (Å²) in [4.78, 5) is 28.4. The van der Waals surface area contributed by atoms with Crippen LogP contribution in [0.3, 0.4) is 0 Å². The normalized spacial score (nSPS) is 17.6. The fraction of sp³-hybridized carbons (Fsp3) is 0.263. The van der Waals surface area contributed by atoms with Crippen LogP contribution in [0.25, 0.3) is 0 Å². The largest absolute Gasteiger partial charge is 0.497 e. The highest BCUT2D eigenvalue weighted by atomic mass is 19.1. The molecular formula is C19H19FN2O3. The third kappa shape index (κ3) is 3.20. The molecule has 25 heavy (non-hydrogen) atoms. The highest BCUT2D eigenvalue weighted by Gasteiger charge is 2.36.